The van der Waals surface area contributed by atoms with Gasteiger partial charge in [0, 0.05) is 31.7 Å². The van der Waals surface area contributed by atoms with Crippen LogP contribution in [0.3, 0.4) is 0 Å². The van der Waals surface area contributed by atoms with Gasteiger partial charge in [0.25, 0.3) is 0 Å². The maximum Gasteiger partial charge on any atom is 0.160 e. The van der Waals surface area contributed by atoms with E-state index in [-0.39, 0.29) is 24.8 Å². The number of nitrogens with one attached hydrogen (secondary N) is 1. The van der Waals surface area contributed by atoms with E-state index in [0.29, 0.717) is 12.2 Å². The molecule has 0 radical (unpaired) electrons. The lowest BCUT2D eigenvalue weighted by molar-refractivity contribution is 0.152. The molecule has 1 aliphatic rings. The van der Waals surface area contributed by atoms with Crippen LogP contribution < -0.4 is 5.32 Å². The van der Waals surface area contributed by atoms with Gasteiger partial charge in [0.1, 0.15) is 11.8 Å². The van der Waals surface area contributed by atoms with Crippen LogP contribution in [0.4, 0.5) is 0 Å². The topological polar surface area (TPSA) is 80.8 Å². The van der Waals surface area contributed by atoms with Gasteiger partial charge in [-0.2, -0.15) is 5.10 Å². The van der Waals surface area contributed by atoms with Crippen molar-refractivity contribution in [3.63, 3.8) is 0 Å². The van der Waals surface area contributed by atoms with Crippen LogP contribution in [0.5, 0.6) is 0 Å². The summed E-state index contributed by atoms with van der Waals surface area (Å²) in [5.41, 5.74) is 2.65. The molecule has 7 nitrogen and oxygen atoms in total. The summed E-state index contributed by atoms with van der Waals surface area (Å²) in [4.78, 5) is 8.61. The van der Waals surface area contributed by atoms with Crippen molar-refractivity contribution < 1.29 is 5.11 Å². The van der Waals surface area contributed by atoms with Gasteiger partial charge in [0.05, 0.1) is 24.5 Å². The second-order valence-electron chi connectivity index (χ2n) is 5.59. The van der Waals surface area contributed by atoms with Gasteiger partial charge in [0.2, 0.25) is 0 Å². The van der Waals surface area contributed by atoms with Crippen LogP contribution in [0, 0.1) is 0 Å². The minimum Gasteiger partial charge on any atom is -0.385 e. The highest BCUT2D eigenvalue weighted by molar-refractivity contribution is 5.85. The third-order valence-corrected chi connectivity index (χ3v) is 4.01. The normalized spacial score (nSPS) is 14.1. The Balaban J connectivity index is 0.00000113. The first kappa shape index (κ1) is 19.4. The Morgan fingerprint density at radius 1 is 1.20 bits per heavy atom. The summed E-state index contributed by atoms with van der Waals surface area (Å²) >= 11 is 0. The van der Waals surface area contributed by atoms with Crippen molar-refractivity contribution in [3.8, 4) is 11.5 Å². The van der Waals surface area contributed by atoms with Gasteiger partial charge in [-0.05, 0) is 18.2 Å². The van der Waals surface area contributed by atoms with Crippen molar-refractivity contribution in [2.24, 2.45) is 0 Å². The molecule has 3 aromatic heterocycles. The highest BCUT2D eigenvalue weighted by Crippen LogP contribution is 2.21. The Bertz CT molecular complexity index is 781. The Hall–Kier alpha value is -1.93. The molecule has 0 aromatic carbocycles. The van der Waals surface area contributed by atoms with E-state index in [1.165, 1.54) is 0 Å². The van der Waals surface area contributed by atoms with E-state index in [1.54, 1.807) is 12.4 Å². The highest BCUT2D eigenvalue weighted by atomic mass is 35.5. The van der Waals surface area contributed by atoms with Gasteiger partial charge >= 0.3 is 0 Å². The molecule has 4 heterocycles. The minimum absolute atomic E-state index is 0. The number of imidazole rings is 1. The van der Waals surface area contributed by atoms with Crippen molar-refractivity contribution in [2.75, 3.05) is 6.54 Å². The lowest BCUT2D eigenvalue weighted by atomic mass is 10.2. The van der Waals surface area contributed by atoms with Crippen LogP contribution in [-0.2, 0) is 19.6 Å². The van der Waals surface area contributed by atoms with Crippen molar-refractivity contribution in [1.82, 2.24) is 29.6 Å². The number of rotatable bonds is 4. The molecule has 0 fully saturated rings. The van der Waals surface area contributed by atoms with Crippen LogP contribution in [0.15, 0.2) is 42.9 Å². The summed E-state index contributed by atoms with van der Waals surface area (Å²) in [6.07, 6.45) is 4.60. The average molecular weight is 383 g/mol. The minimum atomic E-state index is -0.678. The van der Waals surface area contributed by atoms with Crippen molar-refractivity contribution >= 4 is 24.8 Å². The molecule has 0 spiro atoms. The first-order valence-corrected chi connectivity index (χ1v) is 7.69. The van der Waals surface area contributed by atoms with Crippen LogP contribution in [0.2, 0.25) is 0 Å². The SMILES string of the molecule is Cl.Cl.OC(Cn1ccnc1-c1cc2n(n1)CCNC2)c1ccccn1. The van der Waals surface area contributed by atoms with Gasteiger partial charge in [-0.15, -0.1) is 24.8 Å². The molecule has 2 N–H and O–H groups in total. The fourth-order valence-electron chi connectivity index (χ4n) is 2.84. The molecule has 134 valence electrons. The van der Waals surface area contributed by atoms with Gasteiger partial charge in [-0.1, -0.05) is 6.07 Å². The third kappa shape index (κ3) is 4.01. The number of fused-ring (bicyclic) bond motifs is 1. The van der Waals surface area contributed by atoms with Crippen LogP contribution in [0.25, 0.3) is 11.5 Å². The Labute approximate surface area is 157 Å². The molecular formula is C16H20Cl2N6O. The largest absolute Gasteiger partial charge is 0.385 e. The van der Waals surface area contributed by atoms with Crippen LogP contribution in [0.1, 0.15) is 17.5 Å². The molecule has 0 aliphatic carbocycles. The number of pyridine rings is 1. The fraction of sp³-hybridized carbons (Fsp3) is 0.312. The molecule has 0 bridgehead atoms. The Morgan fingerprint density at radius 2 is 2.08 bits per heavy atom. The Morgan fingerprint density at radius 3 is 2.84 bits per heavy atom. The highest BCUT2D eigenvalue weighted by Gasteiger charge is 2.18. The van der Waals surface area contributed by atoms with E-state index in [4.69, 9.17) is 0 Å². The fourth-order valence-corrected chi connectivity index (χ4v) is 2.84. The summed E-state index contributed by atoms with van der Waals surface area (Å²) < 4.78 is 3.93. The van der Waals surface area contributed by atoms with Crippen LogP contribution in [-0.4, -0.2) is 36.0 Å². The third-order valence-electron chi connectivity index (χ3n) is 4.01. The second-order valence-corrected chi connectivity index (χ2v) is 5.59. The maximum atomic E-state index is 10.4. The summed E-state index contributed by atoms with van der Waals surface area (Å²) in [5, 5.41) is 18.3. The van der Waals surface area contributed by atoms with E-state index in [2.05, 4.69) is 26.4 Å². The van der Waals surface area contributed by atoms with E-state index in [0.717, 1.165) is 36.8 Å². The zero-order valence-corrected chi connectivity index (χ0v) is 15.1. The zero-order chi connectivity index (χ0) is 15.6. The number of hydrogen-bond acceptors (Lipinski definition) is 5. The van der Waals surface area contributed by atoms with Crippen molar-refractivity contribution in [1.29, 1.82) is 0 Å². The molecular weight excluding hydrogens is 363 g/mol. The summed E-state index contributed by atoms with van der Waals surface area (Å²) in [7, 11) is 0. The molecule has 25 heavy (non-hydrogen) atoms. The summed E-state index contributed by atoms with van der Waals surface area (Å²) in [5.74, 6) is 0.766. The number of aromatic nitrogens is 5. The molecule has 1 unspecified atom stereocenters. The smallest absolute Gasteiger partial charge is 0.160 e. The molecule has 0 amide bonds. The monoisotopic (exact) mass is 382 g/mol. The maximum absolute atomic E-state index is 10.4. The molecule has 1 atom stereocenters. The van der Waals surface area contributed by atoms with E-state index in [1.807, 2.05) is 33.6 Å². The van der Waals surface area contributed by atoms with Crippen molar-refractivity contribution in [3.05, 3.63) is 54.2 Å². The number of nitrogens with zero attached hydrogens (tertiary/aromatic N) is 5. The average Bonchev–Trinajstić information content (AvgIpc) is 3.21. The van der Waals surface area contributed by atoms with E-state index >= 15 is 0 Å². The zero-order valence-electron chi connectivity index (χ0n) is 13.4. The first-order chi connectivity index (χ1) is 11.3. The van der Waals surface area contributed by atoms with E-state index < -0.39 is 6.10 Å². The Kier molecular flexibility index (Phi) is 6.55. The van der Waals surface area contributed by atoms with E-state index in [9.17, 15) is 5.11 Å². The molecule has 0 saturated carbocycles. The van der Waals surface area contributed by atoms with Gasteiger partial charge in [-0.25, -0.2) is 4.98 Å². The molecule has 4 rings (SSSR count). The lowest BCUT2D eigenvalue weighted by Gasteiger charge is -2.13. The van der Waals surface area contributed by atoms with Gasteiger partial charge in [0.15, 0.2) is 5.82 Å². The number of hydrogen-bond donors (Lipinski definition) is 2. The summed E-state index contributed by atoms with van der Waals surface area (Å²) in [6, 6.07) is 7.58. The van der Waals surface area contributed by atoms with Gasteiger partial charge in [-0.3, -0.25) is 9.67 Å². The van der Waals surface area contributed by atoms with Crippen LogP contribution >= 0.6 is 24.8 Å². The standard InChI is InChI=1S/C16H18N6O.2ClH/c23-15(13-3-1-2-4-18-13)11-21-7-6-19-16(21)14-9-12-10-17-5-8-22(12)20-14;;/h1-4,6-7,9,15,17,23H,5,8,10-11H2;2*1H. The van der Waals surface area contributed by atoms with Crippen molar-refractivity contribution in [2.45, 2.75) is 25.7 Å². The predicted octanol–water partition coefficient (Wildman–Crippen LogP) is 1.82. The lowest BCUT2D eigenvalue weighted by Crippen LogP contribution is -2.28. The number of aliphatic hydroxyl groups excluding tert-OH is 1. The first-order valence-electron chi connectivity index (χ1n) is 7.69. The molecule has 3 aromatic rings. The molecule has 9 heteroatoms. The molecule has 1 aliphatic heterocycles. The number of halogens is 2. The summed E-state index contributed by atoms with van der Waals surface area (Å²) in [6.45, 7) is 3.02. The predicted molar refractivity (Wildman–Crippen MR) is 98.8 cm³/mol. The molecule has 0 saturated heterocycles. The van der Waals surface area contributed by atoms with Gasteiger partial charge < -0.3 is 15.0 Å². The second kappa shape index (κ2) is 8.44. The number of aliphatic hydroxyl groups is 1. The quantitative estimate of drug-likeness (QED) is 0.719.